The van der Waals surface area contributed by atoms with E-state index in [1.165, 1.54) is 0 Å². The number of hydrogen-bond donors (Lipinski definition) is 2. The van der Waals surface area contributed by atoms with Crippen LogP contribution in [0.2, 0.25) is 0 Å². The Morgan fingerprint density at radius 1 is 1.32 bits per heavy atom. The third-order valence-electron chi connectivity index (χ3n) is 3.18. The van der Waals surface area contributed by atoms with Gasteiger partial charge in [0, 0.05) is 5.92 Å². The van der Waals surface area contributed by atoms with Gasteiger partial charge in [-0.15, -0.1) is 0 Å². The average molecular weight is 304 g/mol. The zero-order valence-electron chi connectivity index (χ0n) is 11.2. The van der Waals surface area contributed by atoms with Crippen LogP contribution < -0.4 is 0 Å². The molecule has 1 rings (SSSR count). The van der Waals surface area contributed by atoms with Gasteiger partial charge < -0.3 is 9.84 Å². The van der Waals surface area contributed by atoms with Gasteiger partial charge in [-0.25, -0.2) is 0 Å². The van der Waals surface area contributed by atoms with Crippen molar-refractivity contribution in [3.63, 3.8) is 0 Å². The van der Waals surface area contributed by atoms with Crippen molar-refractivity contribution in [1.29, 1.82) is 0 Å². The zero-order valence-corrected chi connectivity index (χ0v) is 12.0. The summed E-state index contributed by atoms with van der Waals surface area (Å²) in [5, 5.41) is 9.53. The summed E-state index contributed by atoms with van der Waals surface area (Å²) in [5.74, 6) is -2.13. The van der Waals surface area contributed by atoms with Gasteiger partial charge in [-0.05, 0) is 26.2 Å². The molecule has 1 aliphatic carbocycles. The summed E-state index contributed by atoms with van der Waals surface area (Å²) in [5.41, 5.74) is -3.34. The molecule has 6 nitrogen and oxygen atoms in total. The fourth-order valence-electron chi connectivity index (χ4n) is 2.21. The van der Waals surface area contributed by atoms with Crippen molar-refractivity contribution in [3.05, 3.63) is 0 Å². The summed E-state index contributed by atoms with van der Waals surface area (Å²) in [6, 6.07) is 0. The van der Waals surface area contributed by atoms with Gasteiger partial charge in [-0.3, -0.25) is 9.35 Å². The van der Waals surface area contributed by atoms with Gasteiger partial charge in [-0.2, -0.15) is 8.42 Å². The van der Waals surface area contributed by atoms with Gasteiger partial charge in [-0.1, -0.05) is 13.8 Å². The minimum atomic E-state index is -4.57. The van der Waals surface area contributed by atoms with Crippen LogP contribution in [0.4, 0.5) is 0 Å². The molecule has 0 aromatic heterocycles. The molecule has 0 saturated heterocycles. The Kier molecular flexibility index (Phi) is 5.71. The second-order valence-electron chi connectivity index (χ2n) is 6.26. The third kappa shape index (κ3) is 4.41. The molecule has 1 saturated carbocycles. The molecular weight excluding hydrogens is 283 g/mol. The summed E-state index contributed by atoms with van der Waals surface area (Å²) < 4.78 is 35.8. The van der Waals surface area contributed by atoms with E-state index in [1.807, 2.05) is 0 Å². The maximum atomic E-state index is 11.9. The molecule has 0 heterocycles. The monoisotopic (exact) mass is 304 g/mol. The SMILES string of the molecule is CC(C)(C)OC(=O)C1C(C(O)S(=O)(=O)O)C1(C)C.[NaH]. The van der Waals surface area contributed by atoms with E-state index in [1.54, 1.807) is 34.6 Å². The van der Waals surface area contributed by atoms with E-state index in [9.17, 15) is 18.3 Å². The van der Waals surface area contributed by atoms with Gasteiger partial charge in [0.15, 0.2) is 5.44 Å². The van der Waals surface area contributed by atoms with E-state index in [4.69, 9.17) is 9.29 Å². The first-order valence-electron chi connectivity index (χ1n) is 5.65. The molecule has 2 N–H and O–H groups in total. The predicted octanol–water partition coefficient (Wildman–Crippen LogP) is 0.158. The van der Waals surface area contributed by atoms with Crippen LogP contribution in [0, 0.1) is 17.3 Å². The molecule has 0 bridgehead atoms. The molecule has 1 aliphatic rings. The molecule has 3 unspecified atom stereocenters. The Bertz CT molecular complexity index is 450. The Morgan fingerprint density at radius 3 is 2.05 bits per heavy atom. The van der Waals surface area contributed by atoms with Crippen molar-refractivity contribution in [2.75, 3.05) is 0 Å². The maximum absolute atomic E-state index is 11.9. The van der Waals surface area contributed by atoms with Crippen molar-refractivity contribution < 1.29 is 27.6 Å². The quantitative estimate of drug-likeness (QED) is 0.437. The summed E-state index contributed by atoms with van der Waals surface area (Å²) >= 11 is 0. The summed E-state index contributed by atoms with van der Waals surface area (Å²) in [7, 11) is -4.57. The average Bonchev–Trinajstić information content (AvgIpc) is 2.62. The van der Waals surface area contributed by atoms with Crippen molar-refractivity contribution in [2.24, 2.45) is 17.3 Å². The number of rotatable bonds is 3. The normalized spacial score (nSPS) is 27.1. The van der Waals surface area contributed by atoms with E-state index >= 15 is 0 Å². The van der Waals surface area contributed by atoms with Gasteiger partial charge in [0.2, 0.25) is 0 Å². The second-order valence-corrected chi connectivity index (χ2v) is 7.78. The van der Waals surface area contributed by atoms with E-state index in [-0.39, 0.29) is 29.6 Å². The number of hydrogen-bond acceptors (Lipinski definition) is 5. The van der Waals surface area contributed by atoms with Crippen LogP contribution in [0.25, 0.3) is 0 Å². The van der Waals surface area contributed by atoms with E-state index < -0.39 is 44.4 Å². The predicted molar refractivity (Wildman–Crippen MR) is 71.3 cm³/mol. The van der Waals surface area contributed by atoms with Crippen molar-refractivity contribution in [3.8, 4) is 0 Å². The van der Waals surface area contributed by atoms with Crippen molar-refractivity contribution in [1.82, 2.24) is 0 Å². The van der Waals surface area contributed by atoms with Crippen LogP contribution in [0.1, 0.15) is 34.6 Å². The van der Waals surface area contributed by atoms with Gasteiger partial charge in [0.05, 0.1) is 5.92 Å². The van der Waals surface area contributed by atoms with Crippen LogP contribution >= 0.6 is 0 Å². The Morgan fingerprint density at radius 2 is 1.74 bits per heavy atom. The zero-order chi connectivity index (χ0) is 14.5. The van der Waals surface area contributed by atoms with Crippen LogP contribution in [0.5, 0.6) is 0 Å². The van der Waals surface area contributed by atoms with E-state index in [2.05, 4.69) is 0 Å². The molecule has 1 fully saturated rings. The second kappa shape index (κ2) is 5.61. The van der Waals surface area contributed by atoms with Crippen LogP contribution in [0.15, 0.2) is 0 Å². The first-order chi connectivity index (χ1) is 7.78. The summed E-state index contributed by atoms with van der Waals surface area (Å²) in [6.45, 7) is 8.42. The van der Waals surface area contributed by atoms with Crippen molar-refractivity contribution in [2.45, 2.75) is 45.7 Å². The molecule has 8 heteroatoms. The molecule has 0 aromatic rings. The minimum absolute atomic E-state index is 0. The third-order valence-corrected chi connectivity index (χ3v) is 4.09. The van der Waals surface area contributed by atoms with Gasteiger partial charge in [0.25, 0.3) is 10.1 Å². The number of ether oxygens (including phenoxy) is 1. The van der Waals surface area contributed by atoms with Crippen LogP contribution in [-0.4, -0.2) is 64.6 Å². The van der Waals surface area contributed by atoms with E-state index in [0.29, 0.717) is 0 Å². The summed E-state index contributed by atoms with van der Waals surface area (Å²) in [6.07, 6.45) is 0. The molecule has 0 radical (unpaired) electrons. The van der Waals surface area contributed by atoms with Gasteiger partial charge >= 0.3 is 35.5 Å². The number of esters is 1. The van der Waals surface area contributed by atoms with E-state index in [0.717, 1.165) is 0 Å². The number of carbonyl (C=O) groups is 1. The molecule has 19 heavy (non-hydrogen) atoms. The molecule has 108 valence electrons. The summed E-state index contributed by atoms with van der Waals surface area (Å²) in [4.78, 5) is 11.9. The Labute approximate surface area is 135 Å². The number of aliphatic hydroxyl groups is 1. The topological polar surface area (TPSA) is 101 Å². The molecule has 0 amide bonds. The van der Waals surface area contributed by atoms with Gasteiger partial charge in [0.1, 0.15) is 5.60 Å². The number of carbonyl (C=O) groups excluding carboxylic acids is 1. The first kappa shape index (κ1) is 19.3. The molecule has 3 atom stereocenters. The fraction of sp³-hybridized carbons (Fsp3) is 0.909. The Hall–Kier alpha value is 0.340. The molecular formula is C11H21NaO6S. The fourth-order valence-corrected chi connectivity index (χ4v) is 3.09. The first-order valence-corrected chi connectivity index (χ1v) is 7.16. The van der Waals surface area contributed by atoms with Crippen LogP contribution in [-0.2, 0) is 19.6 Å². The molecule has 0 aromatic carbocycles. The number of aliphatic hydroxyl groups excluding tert-OH is 1. The molecule has 0 aliphatic heterocycles. The standard InChI is InChI=1S/C11H20O6S.Na.H/c1-10(2,3)17-8(12)6-7(11(6,4)5)9(13)18(14,15)16;;/h6-7,9,13H,1-5H3,(H,14,15,16);;. The van der Waals surface area contributed by atoms with Crippen LogP contribution in [0.3, 0.4) is 0 Å². The van der Waals surface area contributed by atoms with Crippen molar-refractivity contribution >= 4 is 45.6 Å². The molecule has 0 spiro atoms. The Balaban J connectivity index is 0.00000324.